The fourth-order valence-corrected chi connectivity index (χ4v) is 3.54. The first-order valence-electron chi connectivity index (χ1n) is 11.1. The van der Waals surface area contributed by atoms with Crippen molar-refractivity contribution in [2.24, 2.45) is 10.3 Å². The molecule has 162 valence electrons. The molecule has 2 rings (SSSR count). The topological polar surface area (TPSA) is 72.9 Å². The molecule has 0 fully saturated rings. The van der Waals surface area contributed by atoms with Gasteiger partial charge in [0.15, 0.2) is 24.8 Å². The Morgan fingerprint density at radius 3 is 1.13 bits per heavy atom. The molecule has 0 amide bonds. The molecule has 0 aliphatic carbocycles. The minimum absolute atomic E-state index is 0.913. The van der Waals surface area contributed by atoms with Crippen LogP contribution in [0.1, 0.15) is 75.3 Å². The second kappa shape index (κ2) is 15.1. The predicted octanol–water partition coefficient (Wildman–Crippen LogP) is 4.48. The predicted molar refractivity (Wildman–Crippen MR) is 118 cm³/mol. The van der Waals surface area contributed by atoms with Crippen molar-refractivity contribution < 1.29 is 19.5 Å². The maximum absolute atomic E-state index is 8.52. The van der Waals surface area contributed by atoms with Gasteiger partial charge in [-0.2, -0.15) is 0 Å². The molecule has 0 radical (unpaired) electrons. The maximum Gasteiger partial charge on any atom is 0.169 e. The molecule has 2 aromatic rings. The van der Waals surface area contributed by atoms with Crippen LogP contribution in [-0.4, -0.2) is 22.8 Å². The van der Waals surface area contributed by atoms with E-state index in [9.17, 15) is 0 Å². The summed E-state index contributed by atoms with van der Waals surface area (Å²) in [4.78, 5) is 0. The summed E-state index contributed by atoms with van der Waals surface area (Å²) in [6, 6.07) is 7.84. The van der Waals surface area contributed by atoms with Gasteiger partial charge in [-0.25, -0.2) is 9.13 Å². The number of hydrogen-bond donors (Lipinski definition) is 2. The lowest BCUT2D eigenvalue weighted by atomic mass is 10.1. The van der Waals surface area contributed by atoms with E-state index in [2.05, 4.69) is 19.4 Å². The lowest BCUT2D eigenvalue weighted by molar-refractivity contribution is -0.697. The summed E-state index contributed by atoms with van der Waals surface area (Å²) in [7, 11) is 0. The molecule has 0 bridgehead atoms. The molecule has 0 saturated carbocycles. The zero-order chi connectivity index (χ0) is 21.3. The molecule has 2 N–H and O–H groups in total. The monoisotopic (exact) mass is 412 g/mol. The quantitative estimate of drug-likeness (QED) is 0.149. The number of pyridine rings is 2. The normalized spacial score (nSPS) is 11.6. The Labute approximate surface area is 180 Å². The summed E-state index contributed by atoms with van der Waals surface area (Å²) in [5.41, 5.74) is 1.83. The van der Waals surface area contributed by atoms with Crippen molar-refractivity contribution in [3.05, 3.63) is 60.2 Å². The highest BCUT2D eigenvalue weighted by Gasteiger charge is 2.02. The van der Waals surface area contributed by atoms with E-state index in [1.165, 1.54) is 76.6 Å². The van der Waals surface area contributed by atoms with Gasteiger partial charge in [0.25, 0.3) is 0 Å². The molecule has 0 aliphatic rings. The summed E-state index contributed by atoms with van der Waals surface area (Å²) in [5.74, 6) is 0. The maximum atomic E-state index is 8.52. The summed E-state index contributed by atoms with van der Waals surface area (Å²) in [6.07, 6.45) is 24.1. The van der Waals surface area contributed by atoms with E-state index in [1.807, 2.05) is 49.1 Å². The Morgan fingerprint density at radius 2 is 0.833 bits per heavy atom. The van der Waals surface area contributed by atoms with E-state index in [0.717, 1.165) is 24.2 Å². The Balaban J connectivity index is 1.38. The van der Waals surface area contributed by atoms with Crippen molar-refractivity contribution in [1.82, 2.24) is 0 Å². The highest BCUT2D eigenvalue weighted by molar-refractivity contribution is 5.78. The summed E-state index contributed by atoms with van der Waals surface area (Å²) >= 11 is 0. The van der Waals surface area contributed by atoms with Gasteiger partial charge >= 0.3 is 0 Å². The van der Waals surface area contributed by atoms with Crippen LogP contribution in [-0.2, 0) is 13.1 Å². The first-order valence-corrected chi connectivity index (χ1v) is 11.1. The van der Waals surface area contributed by atoms with Crippen LogP contribution < -0.4 is 9.13 Å². The number of aromatic nitrogens is 2. The van der Waals surface area contributed by atoms with Gasteiger partial charge in [0, 0.05) is 48.2 Å². The molecule has 0 saturated heterocycles. The molecule has 0 aromatic carbocycles. The Kier molecular flexibility index (Phi) is 11.9. The van der Waals surface area contributed by atoms with Gasteiger partial charge in [0.2, 0.25) is 0 Å². The third-order valence-electron chi connectivity index (χ3n) is 5.33. The van der Waals surface area contributed by atoms with Crippen LogP contribution in [0.5, 0.6) is 0 Å². The average Bonchev–Trinajstić information content (AvgIpc) is 2.77. The Bertz CT molecular complexity index is 677. The Morgan fingerprint density at radius 1 is 0.533 bits per heavy atom. The zero-order valence-electron chi connectivity index (χ0n) is 17.9. The number of unbranched alkanes of at least 4 members (excludes halogenated alkanes) is 9. The minimum Gasteiger partial charge on any atom is -0.411 e. The van der Waals surface area contributed by atoms with E-state index in [-0.39, 0.29) is 0 Å². The highest BCUT2D eigenvalue weighted by Crippen LogP contribution is 2.10. The smallest absolute Gasteiger partial charge is 0.169 e. The van der Waals surface area contributed by atoms with Gasteiger partial charge in [-0.3, -0.25) is 0 Å². The summed E-state index contributed by atoms with van der Waals surface area (Å²) in [5, 5.41) is 23.1. The molecule has 6 heteroatoms. The second-order valence-electron chi connectivity index (χ2n) is 7.76. The number of hydrogen-bond acceptors (Lipinski definition) is 4. The van der Waals surface area contributed by atoms with Crippen LogP contribution in [0.3, 0.4) is 0 Å². The largest absolute Gasteiger partial charge is 0.411 e. The average molecular weight is 413 g/mol. The molecule has 6 nitrogen and oxygen atoms in total. The van der Waals surface area contributed by atoms with Crippen LogP contribution in [0.2, 0.25) is 0 Å². The zero-order valence-corrected chi connectivity index (χ0v) is 17.9. The van der Waals surface area contributed by atoms with Crippen molar-refractivity contribution in [2.75, 3.05) is 0 Å². The molecule has 0 unspecified atom stereocenters. The van der Waals surface area contributed by atoms with E-state index >= 15 is 0 Å². The van der Waals surface area contributed by atoms with Crippen LogP contribution in [0.4, 0.5) is 0 Å². The molecule has 2 heterocycles. The van der Waals surface area contributed by atoms with Gasteiger partial charge in [-0.1, -0.05) is 48.8 Å². The van der Waals surface area contributed by atoms with Crippen molar-refractivity contribution in [3.8, 4) is 0 Å². The van der Waals surface area contributed by atoms with E-state index in [0.29, 0.717) is 0 Å². The van der Waals surface area contributed by atoms with Gasteiger partial charge in [0.05, 0.1) is 12.4 Å². The van der Waals surface area contributed by atoms with Gasteiger partial charge < -0.3 is 10.4 Å². The highest BCUT2D eigenvalue weighted by atomic mass is 16.4. The van der Waals surface area contributed by atoms with E-state index in [4.69, 9.17) is 10.4 Å². The van der Waals surface area contributed by atoms with Crippen LogP contribution >= 0.6 is 0 Å². The number of oxime groups is 2. The lowest BCUT2D eigenvalue weighted by Gasteiger charge is -2.02. The molecule has 2 aromatic heterocycles. The Hall–Kier alpha value is -2.76. The van der Waals surface area contributed by atoms with Gasteiger partial charge in [0.1, 0.15) is 13.1 Å². The van der Waals surface area contributed by atoms with Crippen LogP contribution in [0, 0.1) is 0 Å². The first-order chi connectivity index (χ1) is 14.8. The second-order valence-corrected chi connectivity index (χ2v) is 7.76. The lowest BCUT2D eigenvalue weighted by Crippen LogP contribution is -2.32. The SMILES string of the molecule is ON=Cc1cc[n+](CCCCCCCCCCCC[n+]2ccc(C=NO)cc2)cc1. The van der Waals surface area contributed by atoms with Crippen LogP contribution in [0.15, 0.2) is 59.4 Å². The van der Waals surface area contributed by atoms with Gasteiger partial charge in [-0.15, -0.1) is 0 Å². The summed E-state index contributed by atoms with van der Waals surface area (Å²) < 4.78 is 4.37. The fourth-order valence-electron chi connectivity index (χ4n) is 3.54. The van der Waals surface area contributed by atoms with E-state index in [1.54, 1.807) is 0 Å². The standard InChI is InChI=1S/C24H34N4O2/c29-25-21-23-11-17-27(18-12-23)15-9-7-5-3-1-2-4-6-8-10-16-28-19-13-24(14-20-28)22-26-30/h11-14,17-22H,1-10,15-16H2/p+2. The van der Waals surface area contributed by atoms with Crippen molar-refractivity contribution in [1.29, 1.82) is 0 Å². The molecule has 0 atom stereocenters. The van der Waals surface area contributed by atoms with Gasteiger partial charge in [-0.05, 0) is 12.8 Å². The molecular weight excluding hydrogens is 376 g/mol. The number of aryl methyl sites for hydroxylation is 2. The van der Waals surface area contributed by atoms with Crippen molar-refractivity contribution in [2.45, 2.75) is 77.3 Å². The van der Waals surface area contributed by atoms with E-state index < -0.39 is 0 Å². The molecule has 30 heavy (non-hydrogen) atoms. The van der Waals surface area contributed by atoms with Crippen molar-refractivity contribution >= 4 is 12.4 Å². The third-order valence-corrected chi connectivity index (χ3v) is 5.33. The molecule has 0 aliphatic heterocycles. The minimum atomic E-state index is 0.913. The number of nitrogens with zero attached hydrogens (tertiary/aromatic N) is 4. The number of rotatable bonds is 15. The molecule has 0 spiro atoms. The van der Waals surface area contributed by atoms with Crippen molar-refractivity contribution in [3.63, 3.8) is 0 Å². The fraction of sp³-hybridized carbons (Fsp3) is 0.500. The summed E-state index contributed by atoms with van der Waals surface area (Å²) in [6.45, 7) is 2.10. The third kappa shape index (κ3) is 10.1. The van der Waals surface area contributed by atoms with Crippen LogP contribution in [0.25, 0.3) is 0 Å². The first kappa shape index (κ1) is 23.5. The molecular formula is C24H36N4O2+2.